The minimum Gasteiger partial charge on any atom is -0.381 e. The van der Waals surface area contributed by atoms with Crippen molar-refractivity contribution in [2.75, 3.05) is 19.8 Å². The van der Waals surface area contributed by atoms with Crippen molar-refractivity contribution >= 4 is 11.8 Å². The highest BCUT2D eigenvalue weighted by Crippen LogP contribution is 2.34. The lowest BCUT2D eigenvalue weighted by Gasteiger charge is -2.48. The monoisotopic (exact) mass is 294 g/mol. The first-order chi connectivity index (χ1) is 10.2. The maximum atomic E-state index is 13.1. The zero-order valence-corrected chi connectivity index (χ0v) is 12.9. The van der Waals surface area contributed by atoms with E-state index in [1.165, 1.54) is 6.42 Å². The van der Waals surface area contributed by atoms with E-state index in [4.69, 9.17) is 4.74 Å². The van der Waals surface area contributed by atoms with Crippen molar-refractivity contribution in [2.24, 2.45) is 5.92 Å². The van der Waals surface area contributed by atoms with Crippen LogP contribution in [-0.2, 0) is 14.3 Å². The summed E-state index contributed by atoms with van der Waals surface area (Å²) >= 11 is 0. The van der Waals surface area contributed by atoms with Gasteiger partial charge in [0.25, 0.3) is 0 Å². The van der Waals surface area contributed by atoms with Gasteiger partial charge in [-0.05, 0) is 25.7 Å². The van der Waals surface area contributed by atoms with Crippen molar-refractivity contribution in [2.45, 2.75) is 63.5 Å². The number of piperazine rings is 1. The van der Waals surface area contributed by atoms with Crippen LogP contribution < -0.4 is 5.32 Å². The van der Waals surface area contributed by atoms with Gasteiger partial charge < -0.3 is 15.0 Å². The van der Waals surface area contributed by atoms with E-state index in [1.807, 2.05) is 11.8 Å². The molecule has 1 spiro atoms. The summed E-state index contributed by atoms with van der Waals surface area (Å²) in [5.41, 5.74) is -0.611. The molecule has 2 aliphatic heterocycles. The average Bonchev–Trinajstić information content (AvgIpc) is 2.99. The molecule has 2 saturated heterocycles. The maximum absolute atomic E-state index is 13.1. The third-order valence-electron chi connectivity index (χ3n) is 5.28. The van der Waals surface area contributed by atoms with E-state index in [0.29, 0.717) is 18.9 Å². The zero-order chi connectivity index (χ0) is 14.9. The predicted molar refractivity (Wildman–Crippen MR) is 78.7 cm³/mol. The highest BCUT2D eigenvalue weighted by molar-refractivity contribution is 5.99. The standard InChI is InChI=1S/C16H26N2O3/c1-2-13-14(19)17-16(7-4-3-5-8-16)15(20)18(13)10-12-6-9-21-11-12/h12-13H,2-11H2,1H3,(H,17,19). The molecule has 1 aliphatic carbocycles. The largest absolute Gasteiger partial charge is 0.381 e. The molecule has 3 aliphatic rings. The summed E-state index contributed by atoms with van der Waals surface area (Å²) in [5, 5.41) is 3.08. The summed E-state index contributed by atoms with van der Waals surface area (Å²) in [6, 6.07) is -0.300. The summed E-state index contributed by atoms with van der Waals surface area (Å²) in [6.45, 7) is 4.15. The average molecular weight is 294 g/mol. The van der Waals surface area contributed by atoms with Crippen molar-refractivity contribution in [1.29, 1.82) is 0 Å². The van der Waals surface area contributed by atoms with Gasteiger partial charge >= 0.3 is 0 Å². The Morgan fingerprint density at radius 3 is 2.67 bits per heavy atom. The third-order valence-corrected chi connectivity index (χ3v) is 5.28. The fourth-order valence-electron chi connectivity index (χ4n) is 4.05. The van der Waals surface area contributed by atoms with Gasteiger partial charge in [0.15, 0.2) is 0 Å². The Bertz CT molecular complexity index is 412. The first kappa shape index (κ1) is 14.8. The number of nitrogens with zero attached hydrogens (tertiary/aromatic N) is 1. The van der Waals surface area contributed by atoms with Crippen LogP contribution in [0.15, 0.2) is 0 Å². The second-order valence-electron chi connectivity index (χ2n) is 6.74. The van der Waals surface area contributed by atoms with E-state index in [1.54, 1.807) is 0 Å². The Labute approximate surface area is 126 Å². The first-order valence-electron chi connectivity index (χ1n) is 8.37. The molecule has 21 heavy (non-hydrogen) atoms. The molecule has 3 fully saturated rings. The topological polar surface area (TPSA) is 58.6 Å². The fourth-order valence-corrected chi connectivity index (χ4v) is 4.05. The van der Waals surface area contributed by atoms with E-state index < -0.39 is 5.54 Å². The van der Waals surface area contributed by atoms with Gasteiger partial charge in [-0.25, -0.2) is 0 Å². The number of amides is 2. The molecule has 2 atom stereocenters. The fraction of sp³-hybridized carbons (Fsp3) is 0.875. The van der Waals surface area contributed by atoms with Gasteiger partial charge in [-0.3, -0.25) is 9.59 Å². The van der Waals surface area contributed by atoms with Gasteiger partial charge in [0, 0.05) is 19.1 Å². The van der Waals surface area contributed by atoms with Gasteiger partial charge in [-0.15, -0.1) is 0 Å². The molecule has 0 aromatic heterocycles. The van der Waals surface area contributed by atoms with Crippen LogP contribution in [0.3, 0.4) is 0 Å². The van der Waals surface area contributed by atoms with Gasteiger partial charge in [0.2, 0.25) is 11.8 Å². The molecule has 2 unspecified atom stereocenters. The zero-order valence-electron chi connectivity index (χ0n) is 12.9. The minimum absolute atomic E-state index is 0.0397. The number of ether oxygens (including phenoxy) is 1. The first-order valence-corrected chi connectivity index (χ1v) is 8.37. The molecule has 5 nitrogen and oxygen atoms in total. The Balaban J connectivity index is 1.81. The Kier molecular flexibility index (Phi) is 4.20. The van der Waals surface area contributed by atoms with Crippen molar-refractivity contribution in [3.05, 3.63) is 0 Å². The molecular weight excluding hydrogens is 268 g/mol. The Hall–Kier alpha value is -1.10. The van der Waals surface area contributed by atoms with E-state index >= 15 is 0 Å². The molecule has 0 aromatic rings. The van der Waals surface area contributed by atoms with Gasteiger partial charge in [0.05, 0.1) is 6.61 Å². The molecular formula is C16H26N2O3. The number of hydrogen-bond donors (Lipinski definition) is 1. The molecule has 1 saturated carbocycles. The van der Waals surface area contributed by atoms with E-state index in [0.717, 1.165) is 45.3 Å². The SMILES string of the molecule is CCC1C(=O)NC2(CCCCC2)C(=O)N1CC1CCOC1. The molecule has 0 aromatic carbocycles. The summed E-state index contributed by atoms with van der Waals surface area (Å²) in [7, 11) is 0. The quantitative estimate of drug-likeness (QED) is 0.857. The van der Waals surface area contributed by atoms with Gasteiger partial charge in [0.1, 0.15) is 11.6 Å². The van der Waals surface area contributed by atoms with E-state index in [9.17, 15) is 9.59 Å². The third kappa shape index (κ3) is 2.68. The van der Waals surface area contributed by atoms with Gasteiger partial charge in [-0.1, -0.05) is 26.2 Å². The summed E-state index contributed by atoms with van der Waals surface area (Å²) in [6.07, 6.45) is 6.50. The smallest absolute Gasteiger partial charge is 0.249 e. The van der Waals surface area contributed by atoms with Crippen LogP contribution in [0.25, 0.3) is 0 Å². The van der Waals surface area contributed by atoms with Crippen molar-refractivity contribution in [1.82, 2.24) is 10.2 Å². The molecule has 1 N–H and O–H groups in total. The summed E-state index contributed by atoms with van der Waals surface area (Å²) in [5.74, 6) is 0.577. The van der Waals surface area contributed by atoms with Crippen molar-refractivity contribution in [3.8, 4) is 0 Å². The van der Waals surface area contributed by atoms with E-state index in [-0.39, 0.29) is 17.9 Å². The maximum Gasteiger partial charge on any atom is 0.249 e. The van der Waals surface area contributed by atoms with Crippen molar-refractivity contribution in [3.63, 3.8) is 0 Å². The second kappa shape index (κ2) is 5.95. The number of carbonyl (C=O) groups is 2. The lowest BCUT2D eigenvalue weighted by atomic mass is 9.78. The molecule has 5 heteroatoms. The Morgan fingerprint density at radius 2 is 2.05 bits per heavy atom. The van der Waals surface area contributed by atoms with Crippen LogP contribution in [0.5, 0.6) is 0 Å². The number of nitrogens with one attached hydrogen (secondary N) is 1. The molecule has 3 rings (SSSR count). The number of carbonyl (C=O) groups excluding carboxylic acids is 2. The van der Waals surface area contributed by atoms with Crippen LogP contribution in [0, 0.1) is 5.92 Å². The lowest BCUT2D eigenvalue weighted by Crippen LogP contribution is -2.71. The van der Waals surface area contributed by atoms with Crippen LogP contribution in [0.1, 0.15) is 51.9 Å². The molecule has 2 heterocycles. The Morgan fingerprint density at radius 1 is 1.29 bits per heavy atom. The number of rotatable bonds is 3. The van der Waals surface area contributed by atoms with Crippen LogP contribution in [0.4, 0.5) is 0 Å². The van der Waals surface area contributed by atoms with Crippen LogP contribution in [0.2, 0.25) is 0 Å². The van der Waals surface area contributed by atoms with Gasteiger partial charge in [-0.2, -0.15) is 0 Å². The van der Waals surface area contributed by atoms with E-state index in [2.05, 4.69) is 5.32 Å². The van der Waals surface area contributed by atoms with Crippen LogP contribution >= 0.6 is 0 Å². The highest BCUT2D eigenvalue weighted by atomic mass is 16.5. The van der Waals surface area contributed by atoms with Crippen molar-refractivity contribution < 1.29 is 14.3 Å². The number of hydrogen-bond acceptors (Lipinski definition) is 3. The molecule has 118 valence electrons. The van der Waals surface area contributed by atoms with Crippen LogP contribution in [-0.4, -0.2) is 48.1 Å². The predicted octanol–water partition coefficient (Wildman–Crippen LogP) is 1.46. The summed E-state index contributed by atoms with van der Waals surface area (Å²) < 4.78 is 5.43. The lowest BCUT2D eigenvalue weighted by molar-refractivity contribution is -0.157. The normalized spacial score (nSPS) is 32.5. The highest BCUT2D eigenvalue weighted by Gasteiger charge is 2.50. The molecule has 0 radical (unpaired) electrons. The second-order valence-corrected chi connectivity index (χ2v) is 6.74. The molecule has 0 bridgehead atoms. The summed E-state index contributed by atoms with van der Waals surface area (Å²) in [4.78, 5) is 27.4. The molecule has 2 amide bonds. The minimum atomic E-state index is -0.611.